The van der Waals surface area contributed by atoms with E-state index in [4.69, 9.17) is 5.11 Å². The molecule has 0 saturated carbocycles. The first-order valence-corrected chi connectivity index (χ1v) is 5.90. The topological polar surface area (TPSA) is 66.8 Å². The lowest BCUT2D eigenvalue weighted by Gasteiger charge is -2.17. The standard InChI is InChI=1S/C13H14F3NO4/c1-17(11(18)7-21-8-12(19)20)6-9-2-4-10(5-3-9)13(14,15)16/h2-5H,6-8H2,1H3,(H,19,20). The Balaban J connectivity index is 2.52. The predicted molar refractivity (Wildman–Crippen MR) is 66.4 cm³/mol. The zero-order valence-electron chi connectivity index (χ0n) is 11.2. The van der Waals surface area contributed by atoms with Crippen LogP contribution in [0.2, 0.25) is 0 Å². The molecule has 0 heterocycles. The van der Waals surface area contributed by atoms with Crippen molar-refractivity contribution < 1.29 is 32.6 Å². The highest BCUT2D eigenvalue weighted by Gasteiger charge is 2.29. The van der Waals surface area contributed by atoms with Gasteiger partial charge in [0.15, 0.2) is 0 Å². The molecule has 0 unspecified atom stereocenters. The van der Waals surface area contributed by atoms with Crippen molar-refractivity contribution in [1.82, 2.24) is 4.90 Å². The van der Waals surface area contributed by atoms with Gasteiger partial charge in [0.25, 0.3) is 0 Å². The third-order valence-corrected chi connectivity index (χ3v) is 2.58. The van der Waals surface area contributed by atoms with Crippen LogP contribution in [0.4, 0.5) is 13.2 Å². The van der Waals surface area contributed by atoms with Crippen LogP contribution in [0.5, 0.6) is 0 Å². The van der Waals surface area contributed by atoms with Crippen LogP contribution in [0, 0.1) is 0 Å². The smallest absolute Gasteiger partial charge is 0.416 e. The minimum absolute atomic E-state index is 0.105. The van der Waals surface area contributed by atoms with Crippen LogP contribution in [-0.4, -0.2) is 42.1 Å². The minimum Gasteiger partial charge on any atom is -0.480 e. The molecule has 0 aromatic heterocycles. The summed E-state index contributed by atoms with van der Waals surface area (Å²) in [6, 6.07) is 4.44. The Morgan fingerprint density at radius 2 is 1.76 bits per heavy atom. The molecule has 0 saturated heterocycles. The highest BCUT2D eigenvalue weighted by atomic mass is 19.4. The zero-order chi connectivity index (χ0) is 16.0. The van der Waals surface area contributed by atoms with Crippen molar-refractivity contribution >= 4 is 11.9 Å². The zero-order valence-corrected chi connectivity index (χ0v) is 11.2. The summed E-state index contributed by atoms with van der Waals surface area (Å²) >= 11 is 0. The number of hydrogen-bond acceptors (Lipinski definition) is 3. The fourth-order valence-electron chi connectivity index (χ4n) is 1.50. The number of likely N-dealkylation sites (N-methyl/N-ethyl adjacent to an activating group) is 1. The van der Waals surface area contributed by atoms with Crippen molar-refractivity contribution in [3.8, 4) is 0 Å². The van der Waals surface area contributed by atoms with Gasteiger partial charge in [0.1, 0.15) is 13.2 Å². The molecular formula is C13H14F3NO4. The number of carbonyl (C=O) groups is 2. The van der Waals surface area contributed by atoms with Gasteiger partial charge in [0.2, 0.25) is 5.91 Å². The predicted octanol–water partition coefficient (Wildman–Crippen LogP) is 1.76. The van der Waals surface area contributed by atoms with Gasteiger partial charge in [0.05, 0.1) is 5.56 Å². The maximum Gasteiger partial charge on any atom is 0.416 e. The monoisotopic (exact) mass is 305 g/mol. The molecule has 21 heavy (non-hydrogen) atoms. The normalized spacial score (nSPS) is 11.2. The number of benzene rings is 1. The van der Waals surface area contributed by atoms with Gasteiger partial charge >= 0.3 is 12.1 Å². The second-order valence-corrected chi connectivity index (χ2v) is 4.33. The second kappa shape index (κ2) is 7.07. The molecule has 0 radical (unpaired) electrons. The van der Waals surface area contributed by atoms with Gasteiger partial charge in [-0.05, 0) is 17.7 Å². The van der Waals surface area contributed by atoms with Crippen molar-refractivity contribution in [2.75, 3.05) is 20.3 Å². The third kappa shape index (κ3) is 5.82. The molecule has 0 fully saturated rings. The summed E-state index contributed by atoms with van der Waals surface area (Å²) in [4.78, 5) is 23.0. The third-order valence-electron chi connectivity index (χ3n) is 2.58. The maximum absolute atomic E-state index is 12.4. The summed E-state index contributed by atoms with van der Waals surface area (Å²) < 4.78 is 41.8. The minimum atomic E-state index is -4.40. The van der Waals surface area contributed by atoms with Gasteiger partial charge in [-0.25, -0.2) is 4.79 Å². The van der Waals surface area contributed by atoms with E-state index in [2.05, 4.69) is 4.74 Å². The molecule has 1 amide bonds. The van der Waals surface area contributed by atoms with Crippen LogP contribution in [-0.2, 0) is 27.0 Å². The van der Waals surface area contributed by atoms with E-state index in [0.29, 0.717) is 5.56 Å². The van der Waals surface area contributed by atoms with Crippen molar-refractivity contribution in [2.45, 2.75) is 12.7 Å². The molecule has 1 aromatic carbocycles. The van der Waals surface area contributed by atoms with Gasteiger partial charge < -0.3 is 14.7 Å². The molecule has 0 aliphatic rings. The van der Waals surface area contributed by atoms with E-state index in [0.717, 1.165) is 12.1 Å². The van der Waals surface area contributed by atoms with Crippen LogP contribution in [0.3, 0.4) is 0 Å². The average Bonchev–Trinajstić information content (AvgIpc) is 2.37. The number of halogens is 3. The first-order chi connectivity index (χ1) is 9.70. The summed E-state index contributed by atoms with van der Waals surface area (Å²) in [5.41, 5.74) is -0.234. The van der Waals surface area contributed by atoms with Crippen LogP contribution in [0.15, 0.2) is 24.3 Å². The van der Waals surface area contributed by atoms with Crippen LogP contribution in [0.1, 0.15) is 11.1 Å². The molecule has 0 spiro atoms. The number of ether oxygens (including phenoxy) is 1. The SMILES string of the molecule is CN(Cc1ccc(C(F)(F)F)cc1)C(=O)COCC(=O)O. The summed E-state index contributed by atoms with van der Waals surface area (Å²) in [6.45, 7) is -0.878. The summed E-state index contributed by atoms with van der Waals surface area (Å²) in [7, 11) is 1.45. The molecular weight excluding hydrogens is 291 g/mol. The molecule has 5 nitrogen and oxygen atoms in total. The molecule has 0 aliphatic heterocycles. The number of amides is 1. The molecule has 0 aliphatic carbocycles. The Kier molecular flexibility index (Phi) is 5.71. The molecule has 0 atom stereocenters. The fraction of sp³-hybridized carbons (Fsp3) is 0.385. The van der Waals surface area contributed by atoms with Gasteiger partial charge in [-0.15, -0.1) is 0 Å². The maximum atomic E-state index is 12.4. The van der Waals surface area contributed by atoms with E-state index in [1.807, 2.05) is 0 Å². The molecule has 8 heteroatoms. The molecule has 1 rings (SSSR count). The molecule has 1 aromatic rings. The summed E-state index contributed by atoms with van der Waals surface area (Å²) in [6.07, 6.45) is -4.40. The van der Waals surface area contributed by atoms with Gasteiger partial charge in [-0.1, -0.05) is 12.1 Å². The highest BCUT2D eigenvalue weighted by molar-refractivity contribution is 5.77. The lowest BCUT2D eigenvalue weighted by atomic mass is 10.1. The van der Waals surface area contributed by atoms with E-state index >= 15 is 0 Å². The van der Waals surface area contributed by atoms with E-state index in [1.54, 1.807) is 0 Å². The Morgan fingerprint density at radius 3 is 2.24 bits per heavy atom. The van der Waals surface area contributed by atoms with E-state index in [9.17, 15) is 22.8 Å². The highest BCUT2D eigenvalue weighted by Crippen LogP contribution is 2.29. The van der Waals surface area contributed by atoms with Crippen LogP contribution < -0.4 is 0 Å². The van der Waals surface area contributed by atoms with Gasteiger partial charge in [-0.2, -0.15) is 13.2 Å². The largest absolute Gasteiger partial charge is 0.480 e. The van der Waals surface area contributed by atoms with E-state index in [-0.39, 0.29) is 6.54 Å². The van der Waals surface area contributed by atoms with Crippen molar-refractivity contribution in [3.05, 3.63) is 35.4 Å². The van der Waals surface area contributed by atoms with Crippen molar-refractivity contribution in [1.29, 1.82) is 0 Å². The van der Waals surface area contributed by atoms with Crippen molar-refractivity contribution in [2.24, 2.45) is 0 Å². The van der Waals surface area contributed by atoms with Gasteiger partial charge in [0, 0.05) is 13.6 Å². The first kappa shape index (κ1) is 17.0. The summed E-state index contributed by atoms with van der Waals surface area (Å²) in [5.74, 6) is -1.65. The first-order valence-electron chi connectivity index (χ1n) is 5.90. The molecule has 116 valence electrons. The number of aliphatic carboxylic acids is 1. The summed E-state index contributed by atoms with van der Waals surface area (Å²) in [5, 5.41) is 8.35. The Morgan fingerprint density at radius 1 is 1.19 bits per heavy atom. The quantitative estimate of drug-likeness (QED) is 0.870. The van der Waals surface area contributed by atoms with E-state index < -0.39 is 36.8 Å². The molecule has 1 N–H and O–H groups in total. The average molecular weight is 305 g/mol. The lowest BCUT2D eigenvalue weighted by Crippen LogP contribution is -2.30. The number of nitrogens with zero attached hydrogens (tertiary/aromatic N) is 1. The number of carbonyl (C=O) groups excluding carboxylic acids is 1. The van der Waals surface area contributed by atoms with Gasteiger partial charge in [-0.3, -0.25) is 4.79 Å². The lowest BCUT2D eigenvalue weighted by molar-refractivity contribution is -0.145. The number of carboxylic acids is 1. The Labute approximate surface area is 118 Å². The van der Waals surface area contributed by atoms with Crippen LogP contribution >= 0.6 is 0 Å². The number of rotatable bonds is 6. The van der Waals surface area contributed by atoms with E-state index in [1.165, 1.54) is 24.1 Å². The number of hydrogen-bond donors (Lipinski definition) is 1. The van der Waals surface area contributed by atoms with Crippen molar-refractivity contribution in [3.63, 3.8) is 0 Å². The number of alkyl halides is 3. The van der Waals surface area contributed by atoms with Crippen LogP contribution in [0.25, 0.3) is 0 Å². The fourth-order valence-corrected chi connectivity index (χ4v) is 1.50. The Bertz CT molecular complexity index is 499. The molecule has 0 bridgehead atoms. The number of carboxylic acid groups (broad SMARTS) is 1. The Hall–Kier alpha value is -2.09. The second-order valence-electron chi connectivity index (χ2n) is 4.33.